The van der Waals surface area contributed by atoms with Gasteiger partial charge in [0.15, 0.2) is 0 Å². The zero-order valence-electron chi connectivity index (χ0n) is 10.3. The van der Waals surface area contributed by atoms with E-state index in [1.54, 1.807) is 0 Å². The van der Waals surface area contributed by atoms with Crippen LogP contribution in [-0.4, -0.2) is 36.2 Å². The summed E-state index contributed by atoms with van der Waals surface area (Å²) in [6.07, 6.45) is 3.28. The Kier molecular flexibility index (Phi) is 5.97. The van der Waals surface area contributed by atoms with Gasteiger partial charge in [-0.25, -0.2) is 0 Å². The van der Waals surface area contributed by atoms with E-state index in [1.165, 1.54) is 0 Å². The SMILES string of the molecule is CCCOCCC(=O)N[C@H]1CC[C@@H](C(=O)O)C1. The summed E-state index contributed by atoms with van der Waals surface area (Å²) in [7, 11) is 0. The van der Waals surface area contributed by atoms with Crippen LogP contribution in [0.5, 0.6) is 0 Å². The second kappa shape index (κ2) is 7.27. The molecule has 0 aromatic carbocycles. The lowest BCUT2D eigenvalue weighted by atomic mass is 10.1. The fourth-order valence-electron chi connectivity index (χ4n) is 2.05. The molecule has 2 N–H and O–H groups in total. The van der Waals surface area contributed by atoms with Gasteiger partial charge in [-0.05, 0) is 25.7 Å². The zero-order chi connectivity index (χ0) is 12.7. The molecular formula is C12H21NO4. The maximum atomic E-state index is 11.5. The number of amides is 1. The van der Waals surface area contributed by atoms with Crippen LogP contribution in [0.4, 0.5) is 0 Å². The summed E-state index contributed by atoms with van der Waals surface area (Å²) >= 11 is 0. The number of nitrogens with one attached hydrogen (secondary N) is 1. The number of ether oxygens (including phenoxy) is 1. The van der Waals surface area contributed by atoms with Crippen molar-refractivity contribution in [2.75, 3.05) is 13.2 Å². The molecule has 0 aliphatic heterocycles. The Morgan fingerprint density at radius 2 is 2.12 bits per heavy atom. The number of rotatable bonds is 7. The van der Waals surface area contributed by atoms with Gasteiger partial charge in [0.05, 0.1) is 12.5 Å². The van der Waals surface area contributed by atoms with E-state index in [-0.39, 0.29) is 17.9 Å². The summed E-state index contributed by atoms with van der Waals surface area (Å²) in [6.45, 7) is 3.14. The highest BCUT2D eigenvalue weighted by molar-refractivity contribution is 5.76. The Bertz CT molecular complexity index is 267. The van der Waals surface area contributed by atoms with Crippen LogP contribution < -0.4 is 5.32 Å². The van der Waals surface area contributed by atoms with E-state index < -0.39 is 5.97 Å². The Balaban J connectivity index is 2.13. The van der Waals surface area contributed by atoms with Crippen molar-refractivity contribution >= 4 is 11.9 Å². The first-order valence-corrected chi connectivity index (χ1v) is 6.23. The van der Waals surface area contributed by atoms with E-state index in [2.05, 4.69) is 5.32 Å². The van der Waals surface area contributed by atoms with Crippen molar-refractivity contribution < 1.29 is 19.4 Å². The van der Waals surface area contributed by atoms with Crippen LogP contribution in [0.15, 0.2) is 0 Å². The van der Waals surface area contributed by atoms with Gasteiger partial charge in [-0.2, -0.15) is 0 Å². The van der Waals surface area contributed by atoms with E-state index in [0.717, 1.165) is 12.8 Å². The Labute approximate surface area is 102 Å². The highest BCUT2D eigenvalue weighted by Gasteiger charge is 2.30. The fourth-order valence-corrected chi connectivity index (χ4v) is 2.05. The molecule has 2 atom stereocenters. The first-order chi connectivity index (χ1) is 8.13. The Hall–Kier alpha value is -1.10. The van der Waals surface area contributed by atoms with Crippen LogP contribution in [-0.2, 0) is 14.3 Å². The van der Waals surface area contributed by atoms with E-state index in [0.29, 0.717) is 32.5 Å². The molecule has 0 bridgehead atoms. The molecule has 1 fully saturated rings. The number of hydrogen-bond donors (Lipinski definition) is 2. The van der Waals surface area contributed by atoms with Crippen LogP contribution in [0.1, 0.15) is 39.0 Å². The van der Waals surface area contributed by atoms with Gasteiger partial charge in [-0.15, -0.1) is 0 Å². The molecule has 1 rings (SSSR count). The van der Waals surface area contributed by atoms with Gasteiger partial charge in [0, 0.05) is 19.1 Å². The maximum Gasteiger partial charge on any atom is 0.306 e. The lowest BCUT2D eigenvalue weighted by Gasteiger charge is -2.12. The maximum absolute atomic E-state index is 11.5. The minimum Gasteiger partial charge on any atom is -0.481 e. The van der Waals surface area contributed by atoms with Crippen LogP contribution in [0.3, 0.4) is 0 Å². The van der Waals surface area contributed by atoms with Gasteiger partial charge in [0.1, 0.15) is 0 Å². The second-order valence-corrected chi connectivity index (χ2v) is 4.48. The molecule has 5 heteroatoms. The molecular weight excluding hydrogens is 222 g/mol. The molecule has 1 aliphatic rings. The van der Waals surface area contributed by atoms with Crippen molar-refractivity contribution in [3.05, 3.63) is 0 Å². The highest BCUT2D eigenvalue weighted by Crippen LogP contribution is 2.25. The third kappa shape index (κ3) is 5.17. The number of carboxylic acids is 1. The molecule has 0 unspecified atom stereocenters. The molecule has 98 valence electrons. The third-order valence-electron chi connectivity index (χ3n) is 2.97. The lowest BCUT2D eigenvalue weighted by Crippen LogP contribution is -2.33. The van der Waals surface area contributed by atoms with Gasteiger partial charge < -0.3 is 15.2 Å². The average Bonchev–Trinajstić information content (AvgIpc) is 2.73. The molecule has 0 saturated heterocycles. The molecule has 0 radical (unpaired) electrons. The van der Waals surface area contributed by atoms with Gasteiger partial charge in [0.25, 0.3) is 0 Å². The van der Waals surface area contributed by atoms with E-state index in [9.17, 15) is 9.59 Å². The summed E-state index contributed by atoms with van der Waals surface area (Å²) in [6, 6.07) is 0.0229. The summed E-state index contributed by atoms with van der Waals surface area (Å²) in [4.78, 5) is 22.2. The van der Waals surface area contributed by atoms with E-state index in [1.807, 2.05) is 6.92 Å². The summed E-state index contributed by atoms with van der Waals surface area (Å²) in [5.41, 5.74) is 0. The van der Waals surface area contributed by atoms with Crippen molar-refractivity contribution in [1.29, 1.82) is 0 Å². The van der Waals surface area contributed by atoms with E-state index in [4.69, 9.17) is 9.84 Å². The van der Waals surface area contributed by atoms with Crippen molar-refractivity contribution in [2.45, 2.75) is 45.1 Å². The largest absolute Gasteiger partial charge is 0.481 e. The lowest BCUT2D eigenvalue weighted by molar-refractivity contribution is -0.141. The molecule has 17 heavy (non-hydrogen) atoms. The highest BCUT2D eigenvalue weighted by atomic mass is 16.5. The number of carbonyl (C=O) groups excluding carboxylic acids is 1. The molecule has 1 saturated carbocycles. The first kappa shape index (κ1) is 14.0. The minimum atomic E-state index is -0.756. The Morgan fingerprint density at radius 1 is 1.35 bits per heavy atom. The molecule has 0 aromatic rings. The van der Waals surface area contributed by atoms with Crippen molar-refractivity contribution in [1.82, 2.24) is 5.32 Å². The minimum absolute atomic E-state index is 0.0229. The first-order valence-electron chi connectivity index (χ1n) is 6.23. The van der Waals surface area contributed by atoms with E-state index >= 15 is 0 Å². The zero-order valence-corrected chi connectivity index (χ0v) is 10.3. The average molecular weight is 243 g/mol. The molecule has 0 spiro atoms. The topological polar surface area (TPSA) is 75.6 Å². The number of carbonyl (C=O) groups is 2. The van der Waals surface area contributed by atoms with Gasteiger partial charge in [-0.3, -0.25) is 9.59 Å². The fraction of sp³-hybridized carbons (Fsp3) is 0.833. The van der Waals surface area contributed by atoms with Crippen LogP contribution in [0, 0.1) is 5.92 Å². The summed E-state index contributed by atoms with van der Waals surface area (Å²) in [5.74, 6) is -1.10. The molecule has 0 heterocycles. The predicted octanol–water partition coefficient (Wildman–Crippen LogP) is 1.17. The van der Waals surface area contributed by atoms with Gasteiger partial charge in [-0.1, -0.05) is 6.92 Å². The van der Waals surface area contributed by atoms with Crippen molar-refractivity contribution in [3.8, 4) is 0 Å². The number of hydrogen-bond acceptors (Lipinski definition) is 3. The Morgan fingerprint density at radius 3 is 2.71 bits per heavy atom. The predicted molar refractivity (Wildman–Crippen MR) is 62.6 cm³/mol. The number of carboxylic acid groups (broad SMARTS) is 1. The summed E-state index contributed by atoms with van der Waals surface area (Å²) in [5, 5.41) is 11.7. The molecule has 0 aromatic heterocycles. The monoisotopic (exact) mass is 243 g/mol. The van der Waals surface area contributed by atoms with Gasteiger partial charge in [0.2, 0.25) is 5.91 Å². The quantitative estimate of drug-likeness (QED) is 0.658. The van der Waals surface area contributed by atoms with Crippen LogP contribution in [0.2, 0.25) is 0 Å². The van der Waals surface area contributed by atoms with Gasteiger partial charge >= 0.3 is 5.97 Å². The van der Waals surface area contributed by atoms with Crippen molar-refractivity contribution in [3.63, 3.8) is 0 Å². The summed E-state index contributed by atoms with van der Waals surface area (Å²) < 4.78 is 5.22. The molecule has 1 aliphatic carbocycles. The smallest absolute Gasteiger partial charge is 0.306 e. The standard InChI is InChI=1S/C12H21NO4/c1-2-6-17-7-5-11(14)13-10-4-3-9(8-10)12(15)16/h9-10H,2-8H2,1H3,(H,13,14)(H,15,16)/t9-,10+/m1/s1. The third-order valence-corrected chi connectivity index (χ3v) is 2.97. The van der Waals surface area contributed by atoms with Crippen LogP contribution >= 0.6 is 0 Å². The van der Waals surface area contributed by atoms with Crippen molar-refractivity contribution in [2.24, 2.45) is 5.92 Å². The second-order valence-electron chi connectivity index (χ2n) is 4.48. The number of aliphatic carboxylic acids is 1. The normalized spacial score (nSPS) is 23.6. The molecule has 1 amide bonds. The van der Waals surface area contributed by atoms with Crippen LogP contribution in [0.25, 0.3) is 0 Å². The molecule has 5 nitrogen and oxygen atoms in total.